The van der Waals surface area contributed by atoms with Crippen molar-refractivity contribution < 1.29 is 19.1 Å². The van der Waals surface area contributed by atoms with E-state index in [-0.39, 0.29) is 0 Å². The van der Waals surface area contributed by atoms with Gasteiger partial charge in [0.25, 0.3) is 5.79 Å². The second-order valence-electron chi connectivity index (χ2n) is 2.24. The minimum atomic E-state index is -1.41. The number of rotatable bonds is 2. The number of amides is 2. The largest absolute Gasteiger partial charge is 0.407 e. The van der Waals surface area contributed by atoms with E-state index in [4.69, 9.17) is 0 Å². The zero-order valence-corrected chi connectivity index (χ0v) is 6.29. The van der Waals surface area contributed by atoms with E-state index in [1.54, 1.807) is 0 Å². The van der Waals surface area contributed by atoms with Crippen molar-refractivity contribution in [2.75, 3.05) is 0 Å². The monoisotopic (exact) mass is 162 g/mol. The zero-order valence-electron chi connectivity index (χ0n) is 6.29. The number of nitrogens with two attached hydrogens (primary N) is 2. The summed E-state index contributed by atoms with van der Waals surface area (Å²) < 4.78 is 8.73. The summed E-state index contributed by atoms with van der Waals surface area (Å²) in [6, 6.07) is 0. The summed E-state index contributed by atoms with van der Waals surface area (Å²) in [5, 5.41) is 0. The maximum atomic E-state index is 10.2. The quantitative estimate of drug-likeness (QED) is 0.553. The van der Waals surface area contributed by atoms with Gasteiger partial charge in [0.15, 0.2) is 0 Å². The lowest BCUT2D eigenvalue weighted by molar-refractivity contribution is -0.129. The molecule has 0 fully saturated rings. The Morgan fingerprint density at radius 3 is 1.55 bits per heavy atom. The van der Waals surface area contributed by atoms with Crippen LogP contribution in [0.1, 0.15) is 13.8 Å². The van der Waals surface area contributed by atoms with Gasteiger partial charge in [-0.2, -0.15) is 0 Å². The van der Waals surface area contributed by atoms with E-state index in [1.807, 2.05) is 0 Å². The van der Waals surface area contributed by atoms with Gasteiger partial charge in [0.1, 0.15) is 0 Å². The van der Waals surface area contributed by atoms with Gasteiger partial charge >= 0.3 is 12.2 Å². The molecule has 0 aromatic carbocycles. The van der Waals surface area contributed by atoms with Gasteiger partial charge in [0, 0.05) is 13.8 Å². The van der Waals surface area contributed by atoms with Crippen LogP contribution in [0.4, 0.5) is 9.59 Å². The second kappa shape index (κ2) is 3.09. The van der Waals surface area contributed by atoms with Crippen molar-refractivity contribution in [1.82, 2.24) is 0 Å². The van der Waals surface area contributed by atoms with Crippen molar-refractivity contribution in [2.45, 2.75) is 19.6 Å². The fourth-order valence-electron chi connectivity index (χ4n) is 0.505. The fourth-order valence-corrected chi connectivity index (χ4v) is 0.505. The molecule has 2 amide bonds. The van der Waals surface area contributed by atoms with Gasteiger partial charge < -0.3 is 20.9 Å². The number of ether oxygens (including phenoxy) is 2. The Bertz CT molecular complexity index is 159. The van der Waals surface area contributed by atoms with E-state index in [2.05, 4.69) is 20.9 Å². The highest BCUT2D eigenvalue weighted by molar-refractivity contribution is 5.67. The molecule has 0 unspecified atom stereocenters. The highest BCUT2D eigenvalue weighted by Gasteiger charge is 2.24. The number of carbonyl (C=O) groups excluding carboxylic acids is 2. The lowest BCUT2D eigenvalue weighted by Gasteiger charge is -2.22. The SMILES string of the molecule is CC(C)(OC(N)=O)OC(N)=O. The molecule has 0 spiro atoms. The van der Waals surface area contributed by atoms with Crippen LogP contribution in [0.2, 0.25) is 0 Å². The molecule has 0 bridgehead atoms. The first-order valence-corrected chi connectivity index (χ1v) is 2.80. The summed E-state index contributed by atoms with van der Waals surface area (Å²) in [7, 11) is 0. The zero-order chi connectivity index (χ0) is 9.07. The summed E-state index contributed by atoms with van der Waals surface area (Å²) in [5.41, 5.74) is 9.32. The van der Waals surface area contributed by atoms with Gasteiger partial charge in [0.2, 0.25) is 0 Å². The molecule has 0 rings (SSSR count). The van der Waals surface area contributed by atoms with Gasteiger partial charge in [-0.1, -0.05) is 0 Å². The van der Waals surface area contributed by atoms with Crippen LogP contribution < -0.4 is 11.5 Å². The third-order valence-corrected chi connectivity index (χ3v) is 0.693. The van der Waals surface area contributed by atoms with Gasteiger partial charge in [-0.3, -0.25) is 0 Å². The van der Waals surface area contributed by atoms with E-state index in [9.17, 15) is 9.59 Å². The minimum absolute atomic E-state index is 1.03. The van der Waals surface area contributed by atoms with Gasteiger partial charge in [-0.15, -0.1) is 0 Å². The number of carbonyl (C=O) groups is 2. The fraction of sp³-hybridized carbons (Fsp3) is 0.600. The van der Waals surface area contributed by atoms with E-state index in [1.165, 1.54) is 13.8 Å². The Labute approximate surface area is 63.4 Å². The number of hydrogen-bond donors (Lipinski definition) is 2. The predicted octanol–water partition coefficient (Wildman–Crippen LogP) is -0.0869. The molecule has 0 saturated carbocycles. The van der Waals surface area contributed by atoms with E-state index in [0.29, 0.717) is 0 Å². The molecular formula is C5H10N2O4. The third-order valence-electron chi connectivity index (χ3n) is 0.693. The van der Waals surface area contributed by atoms with Crippen LogP contribution in [-0.4, -0.2) is 18.0 Å². The smallest absolute Gasteiger partial charge is 0.407 e. The summed E-state index contributed by atoms with van der Waals surface area (Å²) in [6.45, 7) is 2.67. The molecule has 0 aliphatic rings. The molecule has 0 aliphatic heterocycles. The summed E-state index contributed by atoms with van der Waals surface area (Å²) in [5.74, 6) is -1.41. The number of primary amides is 2. The third kappa shape index (κ3) is 5.01. The molecule has 0 saturated heterocycles. The molecule has 0 radical (unpaired) electrons. The lowest BCUT2D eigenvalue weighted by Crippen LogP contribution is -2.37. The highest BCUT2D eigenvalue weighted by atomic mass is 16.7. The molecule has 11 heavy (non-hydrogen) atoms. The van der Waals surface area contributed by atoms with Crippen molar-refractivity contribution in [3.63, 3.8) is 0 Å². The topological polar surface area (TPSA) is 105 Å². The normalized spacial score (nSPS) is 10.4. The van der Waals surface area contributed by atoms with Crippen molar-refractivity contribution in [2.24, 2.45) is 11.5 Å². The van der Waals surface area contributed by atoms with E-state index in [0.717, 1.165) is 0 Å². The Hall–Kier alpha value is -1.46. The highest BCUT2D eigenvalue weighted by Crippen LogP contribution is 2.09. The molecule has 0 aromatic rings. The molecule has 6 heteroatoms. The van der Waals surface area contributed by atoms with E-state index >= 15 is 0 Å². The van der Waals surface area contributed by atoms with Crippen LogP contribution >= 0.6 is 0 Å². The standard InChI is InChI=1S/C5H10N2O4/c1-5(2,10-3(6)8)11-4(7)9/h1-2H3,(H2,6,8)(H2,7,9). The van der Waals surface area contributed by atoms with Gasteiger partial charge in [-0.25, -0.2) is 9.59 Å². The average molecular weight is 162 g/mol. The predicted molar refractivity (Wildman–Crippen MR) is 35.4 cm³/mol. The Balaban J connectivity index is 3.99. The molecule has 0 atom stereocenters. The van der Waals surface area contributed by atoms with Crippen molar-refractivity contribution in [1.29, 1.82) is 0 Å². The maximum absolute atomic E-state index is 10.2. The first kappa shape index (κ1) is 9.54. The molecule has 64 valence electrons. The molecule has 6 nitrogen and oxygen atoms in total. The molecule has 4 N–H and O–H groups in total. The van der Waals surface area contributed by atoms with Gasteiger partial charge in [0.05, 0.1) is 0 Å². The summed E-state index contributed by atoms with van der Waals surface area (Å²) in [6.07, 6.45) is -2.06. The molecule has 0 heterocycles. The van der Waals surface area contributed by atoms with Crippen LogP contribution in [0.5, 0.6) is 0 Å². The summed E-state index contributed by atoms with van der Waals surface area (Å²) >= 11 is 0. The van der Waals surface area contributed by atoms with Crippen molar-refractivity contribution >= 4 is 12.2 Å². The van der Waals surface area contributed by atoms with Crippen molar-refractivity contribution in [3.8, 4) is 0 Å². The Morgan fingerprint density at radius 1 is 1.09 bits per heavy atom. The molecule has 0 aliphatic carbocycles. The minimum Gasteiger partial charge on any atom is -0.407 e. The Kier molecular flexibility index (Phi) is 2.68. The lowest BCUT2D eigenvalue weighted by atomic mass is 10.4. The second-order valence-corrected chi connectivity index (χ2v) is 2.24. The molecule has 0 aromatic heterocycles. The number of hydrogen-bond acceptors (Lipinski definition) is 4. The Morgan fingerprint density at radius 2 is 1.36 bits per heavy atom. The average Bonchev–Trinajstić information content (AvgIpc) is 1.53. The van der Waals surface area contributed by atoms with E-state index < -0.39 is 18.0 Å². The first-order valence-electron chi connectivity index (χ1n) is 2.80. The van der Waals surface area contributed by atoms with Crippen LogP contribution in [0.3, 0.4) is 0 Å². The van der Waals surface area contributed by atoms with Crippen LogP contribution in [-0.2, 0) is 9.47 Å². The van der Waals surface area contributed by atoms with Crippen molar-refractivity contribution in [3.05, 3.63) is 0 Å². The van der Waals surface area contributed by atoms with Crippen LogP contribution in [0.15, 0.2) is 0 Å². The maximum Gasteiger partial charge on any atom is 0.407 e. The van der Waals surface area contributed by atoms with Crippen LogP contribution in [0, 0.1) is 0 Å². The van der Waals surface area contributed by atoms with Crippen LogP contribution in [0.25, 0.3) is 0 Å². The first-order chi connectivity index (χ1) is 4.83. The van der Waals surface area contributed by atoms with Gasteiger partial charge in [-0.05, 0) is 0 Å². The molecular weight excluding hydrogens is 152 g/mol. The summed E-state index contributed by atoms with van der Waals surface area (Å²) in [4.78, 5) is 20.3.